The number of aliphatic hydroxyl groups is 1. The maximum Gasteiger partial charge on any atom is 0.306 e. The molecule has 6 nitrogen and oxygen atoms in total. The number of alkyl halides is 1. The van der Waals surface area contributed by atoms with Gasteiger partial charge in [-0.3, -0.25) is 19.2 Å². The monoisotopic (exact) mass is 490 g/mol. The number of halogens is 1. The molecule has 8 atom stereocenters. The molecule has 4 aliphatic rings. The molecule has 1 N–H and O–H groups in total. The normalized spacial score (nSPS) is 43.0. The highest BCUT2D eigenvalue weighted by Gasteiger charge is 2.73. The Bertz CT molecular complexity index is 984. The quantitative estimate of drug-likeness (QED) is 0.447. The van der Waals surface area contributed by atoms with Gasteiger partial charge in [0.2, 0.25) is 5.78 Å². The Morgan fingerprint density at radius 2 is 1.97 bits per heavy atom. The highest BCUT2D eigenvalue weighted by atomic mass is 35.5. The van der Waals surface area contributed by atoms with E-state index in [4.69, 9.17) is 16.3 Å². The molecule has 0 spiro atoms. The van der Waals surface area contributed by atoms with E-state index in [-0.39, 0.29) is 47.5 Å². The molecule has 34 heavy (non-hydrogen) atoms. The number of allylic oxidation sites excluding steroid dienone is 4. The number of carbonyl (C=O) groups excluding carboxylic acids is 4. The number of hydrogen-bond acceptors (Lipinski definition) is 6. The predicted molar refractivity (Wildman–Crippen MR) is 127 cm³/mol. The molecule has 4 rings (SSSR count). The fourth-order valence-corrected chi connectivity index (χ4v) is 8.29. The van der Waals surface area contributed by atoms with Gasteiger partial charge >= 0.3 is 5.97 Å². The highest BCUT2D eigenvalue weighted by Crippen LogP contribution is 2.68. The SMILES string of the molecule is CCCCC(=O)O[C@@]1(C(=O)CO)[C@H](C)C[C@H]2[C@@H]3[C@H](Cl)CC4=CC(=O)C=C[C@]4(C)[C@H]3C(=O)C[C@@]21C. The van der Waals surface area contributed by atoms with Crippen molar-refractivity contribution in [2.75, 3.05) is 6.61 Å². The van der Waals surface area contributed by atoms with Crippen LogP contribution in [0.1, 0.15) is 66.2 Å². The van der Waals surface area contributed by atoms with Gasteiger partial charge in [0.05, 0.1) is 0 Å². The van der Waals surface area contributed by atoms with Crippen LogP contribution in [-0.2, 0) is 23.9 Å². The van der Waals surface area contributed by atoms with Gasteiger partial charge in [-0.15, -0.1) is 11.6 Å². The molecule has 0 saturated heterocycles. The first-order valence-electron chi connectivity index (χ1n) is 12.4. The van der Waals surface area contributed by atoms with Gasteiger partial charge in [0.1, 0.15) is 12.4 Å². The number of hydrogen-bond donors (Lipinski definition) is 1. The van der Waals surface area contributed by atoms with Crippen LogP contribution in [0.2, 0.25) is 0 Å². The summed E-state index contributed by atoms with van der Waals surface area (Å²) in [5, 5.41) is 9.55. The third-order valence-corrected chi connectivity index (χ3v) is 9.80. The summed E-state index contributed by atoms with van der Waals surface area (Å²) in [5.74, 6) is -2.30. The first kappa shape index (κ1) is 25.3. The van der Waals surface area contributed by atoms with E-state index in [1.165, 1.54) is 6.08 Å². The summed E-state index contributed by atoms with van der Waals surface area (Å²) < 4.78 is 6.03. The lowest BCUT2D eigenvalue weighted by Crippen LogP contribution is -2.64. The smallest absolute Gasteiger partial charge is 0.306 e. The van der Waals surface area contributed by atoms with Crippen molar-refractivity contribution in [3.8, 4) is 0 Å². The lowest BCUT2D eigenvalue weighted by atomic mass is 9.46. The molecule has 0 radical (unpaired) electrons. The van der Waals surface area contributed by atoms with Crippen molar-refractivity contribution in [3.63, 3.8) is 0 Å². The van der Waals surface area contributed by atoms with Gasteiger partial charge in [0.25, 0.3) is 0 Å². The van der Waals surface area contributed by atoms with Crippen LogP contribution in [0.25, 0.3) is 0 Å². The van der Waals surface area contributed by atoms with Crippen LogP contribution in [0.4, 0.5) is 0 Å². The van der Waals surface area contributed by atoms with Crippen molar-refractivity contribution in [3.05, 3.63) is 23.8 Å². The fraction of sp³-hybridized carbons (Fsp3) is 0.704. The van der Waals surface area contributed by atoms with Crippen LogP contribution in [0.5, 0.6) is 0 Å². The molecule has 4 aliphatic carbocycles. The van der Waals surface area contributed by atoms with Crippen LogP contribution < -0.4 is 0 Å². The van der Waals surface area contributed by atoms with Crippen LogP contribution >= 0.6 is 11.6 Å². The first-order valence-corrected chi connectivity index (χ1v) is 12.9. The molecule has 0 bridgehead atoms. The minimum Gasteiger partial charge on any atom is -0.450 e. The molecule has 0 aromatic heterocycles. The third kappa shape index (κ3) is 3.39. The number of aliphatic hydroxyl groups excluding tert-OH is 1. The fourth-order valence-electron chi connectivity index (χ4n) is 7.81. The maximum absolute atomic E-state index is 13.9. The second-order valence-electron chi connectivity index (χ2n) is 11.2. The second-order valence-corrected chi connectivity index (χ2v) is 11.7. The number of rotatable bonds is 6. The molecule has 0 aromatic carbocycles. The molecule has 0 unspecified atom stereocenters. The Hall–Kier alpha value is -1.79. The van der Waals surface area contributed by atoms with Crippen molar-refractivity contribution < 1.29 is 29.0 Å². The van der Waals surface area contributed by atoms with Crippen LogP contribution in [0.3, 0.4) is 0 Å². The van der Waals surface area contributed by atoms with Gasteiger partial charge in [-0.2, -0.15) is 0 Å². The summed E-state index contributed by atoms with van der Waals surface area (Å²) in [6.45, 7) is 6.96. The zero-order chi connectivity index (χ0) is 25.1. The van der Waals surface area contributed by atoms with Crippen molar-refractivity contribution >= 4 is 34.9 Å². The lowest BCUT2D eigenvalue weighted by molar-refractivity contribution is -0.196. The first-order chi connectivity index (χ1) is 16.0. The topological polar surface area (TPSA) is 97.7 Å². The molecule has 0 aliphatic heterocycles. The largest absolute Gasteiger partial charge is 0.450 e. The van der Waals surface area contributed by atoms with E-state index < -0.39 is 40.7 Å². The van der Waals surface area contributed by atoms with Gasteiger partial charge in [0, 0.05) is 40.9 Å². The summed E-state index contributed by atoms with van der Waals surface area (Å²) >= 11 is 6.97. The van der Waals surface area contributed by atoms with E-state index in [2.05, 4.69) is 0 Å². The molecule has 3 saturated carbocycles. The number of ketones is 3. The third-order valence-electron chi connectivity index (χ3n) is 9.35. The summed E-state index contributed by atoms with van der Waals surface area (Å²) in [4.78, 5) is 52.2. The number of unbranched alkanes of at least 4 members (excludes halogenated alkanes) is 1. The summed E-state index contributed by atoms with van der Waals surface area (Å²) in [7, 11) is 0. The highest BCUT2D eigenvalue weighted by molar-refractivity contribution is 6.21. The zero-order valence-corrected chi connectivity index (χ0v) is 21.2. The minimum atomic E-state index is -1.57. The standard InChI is InChI=1S/C27H35ClO6/c1-5-6-7-22(33)34-27(21(32)14-29)15(2)10-18-23-19(28)12-16-11-17(30)8-9-25(16,3)24(23)20(31)13-26(18,27)4/h8-9,11,15,18-19,23-24,29H,5-7,10,12-14H2,1-4H3/t15-,18+,19-,23-,24+,25+,26+,27-/m1/s1. The van der Waals surface area contributed by atoms with E-state index in [1.54, 1.807) is 6.08 Å². The Morgan fingerprint density at radius 3 is 2.62 bits per heavy atom. The summed E-state index contributed by atoms with van der Waals surface area (Å²) in [6.07, 6.45) is 7.74. The number of carbonyl (C=O) groups is 4. The lowest BCUT2D eigenvalue weighted by Gasteiger charge is -2.58. The Kier molecular flexibility index (Phi) is 6.48. The number of esters is 1. The van der Waals surface area contributed by atoms with Gasteiger partial charge in [-0.25, -0.2) is 0 Å². The van der Waals surface area contributed by atoms with Crippen molar-refractivity contribution in [1.29, 1.82) is 0 Å². The molecule has 186 valence electrons. The summed E-state index contributed by atoms with van der Waals surface area (Å²) in [6, 6.07) is 0. The molecular weight excluding hydrogens is 456 g/mol. The molecule has 0 aromatic rings. The van der Waals surface area contributed by atoms with Crippen LogP contribution in [-0.4, -0.2) is 46.0 Å². The zero-order valence-electron chi connectivity index (χ0n) is 20.4. The van der Waals surface area contributed by atoms with Gasteiger partial charge in [-0.05, 0) is 43.3 Å². The average Bonchev–Trinajstić information content (AvgIpc) is 2.99. The van der Waals surface area contributed by atoms with E-state index in [0.29, 0.717) is 19.3 Å². The number of Topliss-reactive ketones (excluding diaryl/α,β-unsaturated/α-hetero) is 2. The average molecular weight is 491 g/mol. The predicted octanol–water partition coefficient (Wildman–Crippen LogP) is 3.97. The molecule has 3 fully saturated rings. The number of ether oxygens (including phenoxy) is 1. The maximum atomic E-state index is 13.9. The summed E-state index contributed by atoms with van der Waals surface area (Å²) in [5.41, 5.74) is -2.25. The van der Waals surface area contributed by atoms with Crippen molar-refractivity contribution in [2.45, 2.75) is 77.2 Å². The van der Waals surface area contributed by atoms with E-state index in [1.807, 2.05) is 33.8 Å². The number of fused-ring (bicyclic) bond motifs is 5. The van der Waals surface area contributed by atoms with Crippen molar-refractivity contribution in [1.82, 2.24) is 0 Å². The van der Waals surface area contributed by atoms with Gasteiger partial charge < -0.3 is 9.84 Å². The second kappa shape index (κ2) is 8.70. The minimum absolute atomic E-state index is 0.0321. The van der Waals surface area contributed by atoms with Crippen LogP contribution in [0.15, 0.2) is 23.8 Å². The van der Waals surface area contributed by atoms with E-state index >= 15 is 0 Å². The van der Waals surface area contributed by atoms with Crippen LogP contribution in [0, 0.1) is 34.5 Å². The molecular formula is C27H35ClO6. The molecule has 0 amide bonds. The Balaban J connectivity index is 1.80. The molecule has 0 heterocycles. The van der Waals surface area contributed by atoms with Gasteiger partial charge in [-0.1, -0.05) is 45.8 Å². The Morgan fingerprint density at radius 1 is 1.26 bits per heavy atom. The van der Waals surface area contributed by atoms with E-state index in [0.717, 1.165) is 12.0 Å². The van der Waals surface area contributed by atoms with E-state index in [9.17, 15) is 24.3 Å². The Labute approximate surface area is 206 Å². The molecule has 7 heteroatoms. The van der Waals surface area contributed by atoms with Crippen molar-refractivity contribution in [2.24, 2.45) is 34.5 Å². The van der Waals surface area contributed by atoms with Gasteiger partial charge in [0.15, 0.2) is 11.4 Å².